The predicted octanol–water partition coefficient (Wildman–Crippen LogP) is 6.25. The number of nitrogens with two attached hydrogens (primary N) is 1. The number of hydrogen-bond acceptors (Lipinski definition) is 3. The number of amides is 2. The molecule has 5 nitrogen and oxygen atoms in total. The number of carbonyl (C=O) groups is 1. The molecule has 0 heterocycles. The van der Waals surface area contributed by atoms with Crippen LogP contribution in [0.4, 0.5) is 29.3 Å². The van der Waals surface area contributed by atoms with E-state index in [1.807, 2.05) is 18.2 Å². The molecule has 0 saturated heterocycles. The van der Waals surface area contributed by atoms with Gasteiger partial charge >= 0.3 is 12.2 Å². The second kappa shape index (κ2) is 9.06. The third-order valence-electron chi connectivity index (χ3n) is 4.01. The summed E-state index contributed by atoms with van der Waals surface area (Å²) in [5.41, 5.74) is 5.90. The Labute approximate surface area is 175 Å². The van der Waals surface area contributed by atoms with E-state index in [0.29, 0.717) is 23.7 Å². The summed E-state index contributed by atoms with van der Waals surface area (Å²) in [6, 6.07) is 16.3. The SMILES string of the molecule is NCc1cccc(Oc2ccc(NC(=O)Nc3ccc(Cl)c(C(F)(F)F)c3)cc2)c1. The van der Waals surface area contributed by atoms with Crippen LogP contribution in [0, 0.1) is 0 Å². The van der Waals surface area contributed by atoms with Crippen molar-refractivity contribution in [3.05, 3.63) is 82.9 Å². The second-order valence-corrected chi connectivity index (χ2v) is 6.66. The molecule has 2 amide bonds. The number of rotatable bonds is 5. The van der Waals surface area contributed by atoms with Crippen LogP contribution in [0.2, 0.25) is 5.02 Å². The Kier molecular flexibility index (Phi) is 6.49. The van der Waals surface area contributed by atoms with Crippen LogP contribution in [0.1, 0.15) is 11.1 Å². The van der Waals surface area contributed by atoms with Crippen LogP contribution in [0.25, 0.3) is 0 Å². The zero-order valence-corrected chi connectivity index (χ0v) is 16.2. The van der Waals surface area contributed by atoms with E-state index in [4.69, 9.17) is 22.1 Å². The van der Waals surface area contributed by atoms with Gasteiger partial charge in [0.05, 0.1) is 10.6 Å². The molecule has 0 aromatic heterocycles. The highest BCUT2D eigenvalue weighted by molar-refractivity contribution is 6.31. The molecule has 4 N–H and O–H groups in total. The molecule has 0 aliphatic heterocycles. The highest BCUT2D eigenvalue weighted by atomic mass is 35.5. The second-order valence-electron chi connectivity index (χ2n) is 6.25. The molecule has 9 heteroatoms. The van der Waals surface area contributed by atoms with Crippen LogP contribution >= 0.6 is 11.6 Å². The van der Waals surface area contributed by atoms with E-state index < -0.39 is 22.8 Å². The molecule has 3 aromatic rings. The monoisotopic (exact) mass is 435 g/mol. The fraction of sp³-hybridized carbons (Fsp3) is 0.0952. The molecule has 3 rings (SSSR count). The molecule has 0 radical (unpaired) electrons. The number of hydrogen-bond donors (Lipinski definition) is 3. The number of urea groups is 1. The van der Waals surface area contributed by atoms with Crippen molar-refractivity contribution in [2.24, 2.45) is 5.73 Å². The van der Waals surface area contributed by atoms with E-state index in [1.54, 1.807) is 30.3 Å². The van der Waals surface area contributed by atoms with Gasteiger partial charge in [0.2, 0.25) is 0 Å². The first-order chi connectivity index (χ1) is 14.2. The molecule has 0 aliphatic carbocycles. The highest BCUT2D eigenvalue weighted by Gasteiger charge is 2.33. The molecule has 0 aliphatic rings. The van der Waals surface area contributed by atoms with E-state index in [2.05, 4.69) is 10.6 Å². The Balaban J connectivity index is 1.62. The van der Waals surface area contributed by atoms with Gasteiger partial charge in [-0.2, -0.15) is 13.2 Å². The lowest BCUT2D eigenvalue weighted by Gasteiger charge is -2.12. The third kappa shape index (κ3) is 5.65. The lowest BCUT2D eigenvalue weighted by atomic mass is 10.2. The van der Waals surface area contributed by atoms with Crippen LogP contribution in [0.5, 0.6) is 11.5 Å². The molecule has 0 unspecified atom stereocenters. The Morgan fingerprint density at radius 3 is 2.27 bits per heavy atom. The summed E-state index contributed by atoms with van der Waals surface area (Å²) >= 11 is 5.57. The van der Waals surface area contributed by atoms with E-state index in [9.17, 15) is 18.0 Å². The lowest BCUT2D eigenvalue weighted by Crippen LogP contribution is -2.19. The third-order valence-corrected chi connectivity index (χ3v) is 4.34. The van der Waals surface area contributed by atoms with Crippen molar-refractivity contribution in [3.63, 3.8) is 0 Å². The number of carbonyl (C=O) groups excluding carboxylic acids is 1. The Bertz CT molecular complexity index is 1040. The summed E-state index contributed by atoms with van der Waals surface area (Å²) in [4.78, 5) is 12.1. The molecule has 0 atom stereocenters. The summed E-state index contributed by atoms with van der Waals surface area (Å²) in [5, 5.41) is 4.44. The van der Waals surface area contributed by atoms with Gasteiger partial charge in [0.15, 0.2) is 0 Å². The minimum Gasteiger partial charge on any atom is -0.457 e. The molecule has 30 heavy (non-hydrogen) atoms. The van der Waals surface area contributed by atoms with Crippen molar-refractivity contribution >= 4 is 29.0 Å². The summed E-state index contributed by atoms with van der Waals surface area (Å²) in [6.07, 6.45) is -4.62. The molecule has 0 fully saturated rings. The topological polar surface area (TPSA) is 76.4 Å². The van der Waals surface area contributed by atoms with Crippen molar-refractivity contribution in [3.8, 4) is 11.5 Å². The Morgan fingerprint density at radius 1 is 0.933 bits per heavy atom. The van der Waals surface area contributed by atoms with E-state index in [0.717, 1.165) is 17.7 Å². The van der Waals surface area contributed by atoms with Crippen molar-refractivity contribution in [2.45, 2.75) is 12.7 Å². The van der Waals surface area contributed by atoms with Crippen LogP contribution in [-0.2, 0) is 12.7 Å². The molecule has 0 spiro atoms. The number of anilines is 2. The lowest BCUT2D eigenvalue weighted by molar-refractivity contribution is -0.137. The van der Waals surface area contributed by atoms with Crippen LogP contribution in [0.15, 0.2) is 66.7 Å². The fourth-order valence-corrected chi connectivity index (χ4v) is 2.82. The van der Waals surface area contributed by atoms with Gasteiger partial charge in [-0.05, 0) is 60.2 Å². The van der Waals surface area contributed by atoms with E-state index in [1.165, 1.54) is 6.07 Å². The van der Waals surface area contributed by atoms with Gasteiger partial charge in [0.25, 0.3) is 0 Å². The Hall–Kier alpha value is -3.23. The maximum Gasteiger partial charge on any atom is 0.417 e. The average molecular weight is 436 g/mol. The predicted molar refractivity (Wildman–Crippen MR) is 110 cm³/mol. The number of halogens is 4. The average Bonchev–Trinajstić information content (AvgIpc) is 2.70. The molecular weight excluding hydrogens is 419 g/mol. The van der Waals surface area contributed by atoms with Gasteiger partial charge in [0.1, 0.15) is 11.5 Å². The zero-order valence-electron chi connectivity index (χ0n) is 15.5. The minimum absolute atomic E-state index is 0.0380. The van der Waals surface area contributed by atoms with E-state index in [-0.39, 0.29) is 5.69 Å². The summed E-state index contributed by atoms with van der Waals surface area (Å²) in [6.45, 7) is 0.396. The molecular formula is C21H17ClF3N3O2. The quantitative estimate of drug-likeness (QED) is 0.443. The first kappa shape index (κ1) is 21.5. The van der Waals surface area contributed by atoms with Gasteiger partial charge in [-0.3, -0.25) is 0 Å². The van der Waals surface area contributed by atoms with Gasteiger partial charge in [-0.15, -0.1) is 0 Å². The smallest absolute Gasteiger partial charge is 0.417 e. The molecule has 3 aromatic carbocycles. The zero-order chi connectivity index (χ0) is 21.7. The summed E-state index contributed by atoms with van der Waals surface area (Å²) < 4.78 is 44.5. The van der Waals surface area contributed by atoms with Crippen molar-refractivity contribution in [1.29, 1.82) is 0 Å². The fourth-order valence-electron chi connectivity index (χ4n) is 2.59. The summed E-state index contributed by atoms with van der Waals surface area (Å²) in [5.74, 6) is 1.17. The van der Waals surface area contributed by atoms with Gasteiger partial charge < -0.3 is 21.1 Å². The number of ether oxygens (including phenoxy) is 1. The molecule has 0 saturated carbocycles. The van der Waals surface area contributed by atoms with Crippen LogP contribution < -0.4 is 21.1 Å². The van der Waals surface area contributed by atoms with Crippen molar-refractivity contribution < 1.29 is 22.7 Å². The first-order valence-corrected chi connectivity index (χ1v) is 9.14. The van der Waals surface area contributed by atoms with Crippen LogP contribution in [0.3, 0.4) is 0 Å². The maximum atomic E-state index is 12.9. The number of benzene rings is 3. The maximum absolute atomic E-state index is 12.9. The van der Waals surface area contributed by atoms with Crippen LogP contribution in [-0.4, -0.2) is 6.03 Å². The molecule has 156 valence electrons. The number of alkyl halides is 3. The van der Waals surface area contributed by atoms with Gasteiger partial charge in [0, 0.05) is 17.9 Å². The van der Waals surface area contributed by atoms with Gasteiger partial charge in [-0.25, -0.2) is 4.79 Å². The standard InChI is InChI=1S/C21H17ClF3N3O2/c22-19-9-6-15(11-18(19)21(23,24)25)28-20(29)27-14-4-7-16(8-5-14)30-17-3-1-2-13(10-17)12-26/h1-11H,12,26H2,(H2,27,28,29). The van der Waals surface area contributed by atoms with Crippen molar-refractivity contribution in [2.75, 3.05) is 10.6 Å². The highest BCUT2D eigenvalue weighted by Crippen LogP contribution is 2.36. The normalized spacial score (nSPS) is 11.1. The number of nitrogens with one attached hydrogen (secondary N) is 2. The van der Waals surface area contributed by atoms with Gasteiger partial charge in [-0.1, -0.05) is 23.7 Å². The largest absolute Gasteiger partial charge is 0.457 e. The van der Waals surface area contributed by atoms with E-state index >= 15 is 0 Å². The minimum atomic E-state index is -4.62. The first-order valence-electron chi connectivity index (χ1n) is 8.76. The van der Waals surface area contributed by atoms with Crippen molar-refractivity contribution in [1.82, 2.24) is 0 Å². The molecule has 0 bridgehead atoms. The summed E-state index contributed by atoms with van der Waals surface area (Å²) in [7, 11) is 0. The Morgan fingerprint density at radius 2 is 1.60 bits per heavy atom.